The summed E-state index contributed by atoms with van der Waals surface area (Å²) in [5.41, 5.74) is 30.1. The molecule has 0 radical (unpaired) electrons. The first kappa shape index (κ1) is 39.3. The molecule has 0 saturated carbocycles. The Balaban J connectivity index is 0.000000454. The maximum atomic E-state index is 12.9. The molecule has 0 aliphatic carbocycles. The smallest absolute Gasteiger partial charge is 0.369 e. The first-order valence-electron chi connectivity index (χ1n) is 17.1. The van der Waals surface area contributed by atoms with Crippen molar-refractivity contribution in [3.05, 3.63) is 126 Å². The molecule has 0 saturated heterocycles. The second-order valence-electron chi connectivity index (χ2n) is 12.3. The van der Waals surface area contributed by atoms with Crippen LogP contribution in [0.2, 0.25) is 0 Å². The normalized spacial score (nSPS) is 10.9. The maximum absolute atomic E-state index is 12.9. The number of aryl methyl sites for hydroxylation is 3. The molecule has 282 valence electrons. The lowest BCUT2D eigenvalue weighted by Crippen LogP contribution is -2.37. The summed E-state index contributed by atoms with van der Waals surface area (Å²) in [6, 6.07) is 26.9. The standard InChI is InChI=1S/C32H32N10O2.C7H8O3S/c1-3-41-17-25(27(33)39-31(41)35)19-9-13-23(14-10-19)37-29(43)21-5-7-22(8-6-21)30(44)38-24-15-11-20(12-16-24)26-18-42(4-2)32(36)40-28(26)34;1-6-2-4-7(5-3-6)11(8,9)10/h5-18H,3-4H2,1-2H3,(H8,33,34,35,36,37,38,39,40,43,44);2-5H,1H3,(H,8,9,10)/p+2. The second-order valence-corrected chi connectivity index (χ2v) is 13.7. The van der Waals surface area contributed by atoms with E-state index in [-0.39, 0.29) is 16.7 Å². The highest BCUT2D eigenvalue weighted by Gasteiger charge is 2.17. The van der Waals surface area contributed by atoms with Crippen LogP contribution in [0.4, 0.5) is 34.9 Å². The fourth-order valence-electron chi connectivity index (χ4n) is 5.38. The molecule has 11 N–H and O–H groups in total. The molecule has 0 aliphatic rings. The van der Waals surface area contributed by atoms with Crippen LogP contribution in [0.3, 0.4) is 0 Å². The number of rotatable bonds is 9. The van der Waals surface area contributed by atoms with Gasteiger partial charge in [-0.2, -0.15) is 8.42 Å². The van der Waals surface area contributed by atoms with Crippen LogP contribution < -0.4 is 42.7 Å². The molecular weight excluding hydrogens is 721 g/mol. The molecule has 55 heavy (non-hydrogen) atoms. The van der Waals surface area contributed by atoms with Crippen LogP contribution in [0.15, 0.2) is 114 Å². The van der Waals surface area contributed by atoms with Gasteiger partial charge in [0.05, 0.1) is 41.5 Å². The van der Waals surface area contributed by atoms with Gasteiger partial charge in [-0.15, -0.1) is 0 Å². The van der Waals surface area contributed by atoms with Crippen molar-refractivity contribution in [1.29, 1.82) is 0 Å². The highest BCUT2D eigenvalue weighted by atomic mass is 32.2. The van der Waals surface area contributed by atoms with Crippen molar-refractivity contribution in [2.75, 3.05) is 33.6 Å². The van der Waals surface area contributed by atoms with Crippen molar-refractivity contribution >= 4 is 56.8 Å². The quantitative estimate of drug-likeness (QED) is 0.0798. The summed E-state index contributed by atoms with van der Waals surface area (Å²) < 4.78 is 33.2. The first-order chi connectivity index (χ1) is 26.2. The van der Waals surface area contributed by atoms with Gasteiger partial charge in [0.1, 0.15) is 0 Å². The van der Waals surface area contributed by atoms with Gasteiger partial charge in [0, 0.05) is 22.5 Å². The van der Waals surface area contributed by atoms with E-state index in [1.54, 1.807) is 69.8 Å². The summed E-state index contributed by atoms with van der Waals surface area (Å²) in [4.78, 5) is 34.1. The molecule has 2 heterocycles. The van der Waals surface area contributed by atoms with Crippen molar-refractivity contribution in [1.82, 2.24) is 9.97 Å². The average Bonchev–Trinajstić information content (AvgIpc) is 3.16. The van der Waals surface area contributed by atoms with Gasteiger partial charge in [-0.25, -0.2) is 9.13 Å². The molecule has 0 spiro atoms. The van der Waals surface area contributed by atoms with Gasteiger partial charge < -0.3 is 22.1 Å². The van der Waals surface area contributed by atoms with Crippen LogP contribution in [0.25, 0.3) is 22.3 Å². The Hall–Kier alpha value is -6.91. The second kappa shape index (κ2) is 16.8. The minimum atomic E-state index is -4.02. The lowest BCUT2D eigenvalue weighted by molar-refractivity contribution is -0.681. The molecule has 0 unspecified atom stereocenters. The number of carbonyl (C=O) groups is 2. The number of amides is 2. The van der Waals surface area contributed by atoms with E-state index in [9.17, 15) is 18.0 Å². The first-order valence-corrected chi connectivity index (χ1v) is 18.5. The Morgan fingerprint density at radius 3 is 1.31 bits per heavy atom. The Labute approximate surface area is 318 Å². The van der Waals surface area contributed by atoms with E-state index in [0.717, 1.165) is 27.8 Å². The van der Waals surface area contributed by atoms with Crippen molar-refractivity contribution in [2.45, 2.75) is 38.8 Å². The molecule has 2 aromatic heterocycles. The summed E-state index contributed by atoms with van der Waals surface area (Å²) in [5.74, 6) is 0.737. The fraction of sp³-hybridized carbons (Fsp3) is 0.128. The van der Waals surface area contributed by atoms with E-state index in [2.05, 4.69) is 20.6 Å². The number of carbonyl (C=O) groups excluding carboxylic acids is 2. The van der Waals surface area contributed by atoms with Crippen molar-refractivity contribution in [3.63, 3.8) is 0 Å². The zero-order valence-corrected chi connectivity index (χ0v) is 31.2. The number of nitrogens with zero attached hydrogens (tertiary/aromatic N) is 4. The Kier molecular flexibility index (Phi) is 12.0. The number of hydrogen-bond acceptors (Lipinski definition) is 10. The molecule has 0 bridgehead atoms. The molecule has 16 heteroatoms. The lowest BCUT2D eigenvalue weighted by atomic mass is 10.1. The zero-order chi connectivity index (χ0) is 39.9. The third-order valence-electron chi connectivity index (χ3n) is 8.50. The van der Waals surface area contributed by atoms with Gasteiger partial charge >= 0.3 is 11.9 Å². The molecule has 6 aromatic rings. The number of aromatic nitrogens is 4. The largest absolute Gasteiger partial charge is 0.391 e. The molecular formula is C39H42N10O5S+2. The number of anilines is 6. The minimum absolute atomic E-state index is 0.0666. The van der Waals surface area contributed by atoms with Crippen molar-refractivity contribution in [2.24, 2.45) is 0 Å². The fourth-order valence-corrected chi connectivity index (χ4v) is 5.86. The summed E-state index contributed by atoms with van der Waals surface area (Å²) in [5, 5.41) is 5.74. The highest BCUT2D eigenvalue weighted by molar-refractivity contribution is 7.85. The van der Waals surface area contributed by atoms with Gasteiger partial charge in [-0.1, -0.05) is 51.9 Å². The summed E-state index contributed by atoms with van der Waals surface area (Å²) >= 11 is 0. The van der Waals surface area contributed by atoms with E-state index in [1.165, 1.54) is 12.1 Å². The van der Waals surface area contributed by atoms with Gasteiger partial charge in [0.15, 0.2) is 0 Å². The number of nitrogens with one attached hydrogen (secondary N) is 2. The zero-order valence-electron chi connectivity index (χ0n) is 30.4. The van der Waals surface area contributed by atoms with Crippen LogP contribution in [0.5, 0.6) is 0 Å². The number of nitrogen functional groups attached to an aromatic ring is 4. The summed E-state index contributed by atoms with van der Waals surface area (Å²) in [7, 11) is -4.02. The van der Waals surface area contributed by atoms with Crippen molar-refractivity contribution < 1.29 is 31.7 Å². The van der Waals surface area contributed by atoms with Crippen LogP contribution >= 0.6 is 0 Å². The third-order valence-corrected chi connectivity index (χ3v) is 9.37. The van der Waals surface area contributed by atoms with Gasteiger partial charge in [-0.3, -0.25) is 25.6 Å². The molecule has 0 atom stereocenters. The van der Waals surface area contributed by atoms with Crippen LogP contribution in [-0.4, -0.2) is 34.8 Å². The minimum Gasteiger partial charge on any atom is -0.369 e. The maximum Gasteiger partial charge on any atom is 0.391 e. The molecule has 6 rings (SSSR count). The SMILES string of the molecule is CC[n+]1cc(-c2ccc(NC(=O)c3ccc(C(=O)Nc4ccc(-c5c[n+](CC)c(N)nc5N)cc4)cc3)cc2)c(N)nc1N.Cc1ccc(S(=O)(=O)O)cc1. The number of benzene rings is 4. The molecule has 2 amide bonds. The Morgan fingerprint density at radius 1 is 0.618 bits per heavy atom. The number of hydrogen-bond donors (Lipinski definition) is 7. The van der Waals surface area contributed by atoms with Crippen LogP contribution in [0, 0.1) is 6.92 Å². The topological polar surface area (TPSA) is 250 Å². The third kappa shape index (κ3) is 9.75. The molecule has 15 nitrogen and oxygen atoms in total. The van der Waals surface area contributed by atoms with E-state index in [0.29, 0.717) is 59.1 Å². The van der Waals surface area contributed by atoms with E-state index < -0.39 is 10.1 Å². The molecule has 4 aromatic carbocycles. The summed E-state index contributed by atoms with van der Waals surface area (Å²) in [6.07, 6.45) is 3.71. The van der Waals surface area contributed by atoms with Crippen LogP contribution in [0.1, 0.15) is 40.1 Å². The monoisotopic (exact) mass is 762 g/mol. The van der Waals surface area contributed by atoms with Crippen LogP contribution in [-0.2, 0) is 23.2 Å². The predicted octanol–water partition coefficient (Wildman–Crippen LogP) is 4.50. The Morgan fingerprint density at radius 2 is 0.982 bits per heavy atom. The van der Waals surface area contributed by atoms with Gasteiger partial charge in [-0.05, 0) is 92.6 Å². The highest BCUT2D eigenvalue weighted by Crippen LogP contribution is 2.27. The van der Waals surface area contributed by atoms with Gasteiger partial charge in [0.25, 0.3) is 21.9 Å². The van der Waals surface area contributed by atoms with E-state index >= 15 is 0 Å². The molecule has 0 aliphatic heterocycles. The van der Waals surface area contributed by atoms with E-state index in [4.69, 9.17) is 27.5 Å². The lowest BCUT2D eigenvalue weighted by Gasteiger charge is -2.10. The molecule has 0 fully saturated rings. The Bertz CT molecular complexity index is 2310. The van der Waals surface area contributed by atoms with Crippen molar-refractivity contribution in [3.8, 4) is 22.3 Å². The van der Waals surface area contributed by atoms with Gasteiger partial charge in [0.2, 0.25) is 11.6 Å². The number of nitrogens with two attached hydrogens (primary N) is 4. The van der Waals surface area contributed by atoms with E-state index in [1.807, 2.05) is 57.4 Å². The average molecular weight is 763 g/mol. The predicted molar refractivity (Wildman–Crippen MR) is 212 cm³/mol. The summed E-state index contributed by atoms with van der Waals surface area (Å²) in [6.45, 7) is 7.09.